The number of aromatic amines is 2. The lowest BCUT2D eigenvalue weighted by Gasteiger charge is -2.32. The summed E-state index contributed by atoms with van der Waals surface area (Å²) in [6, 6.07) is 25.5. The predicted octanol–water partition coefficient (Wildman–Crippen LogP) is 5.99. The van der Waals surface area contributed by atoms with Crippen LogP contribution in [0.3, 0.4) is 0 Å². The van der Waals surface area contributed by atoms with Gasteiger partial charge in [-0.3, -0.25) is 9.80 Å². The number of benzene rings is 2. The van der Waals surface area contributed by atoms with E-state index >= 15 is 0 Å². The predicted molar refractivity (Wildman–Crippen MR) is 214 cm³/mol. The van der Waals surface area contributed by atoms with Gasteiger partial charge in [0.25, 0.3) is 0 Å². The Labute approximate surface area is 315 Å². The first-order chi connectivity index (χ1) is 25.9. The van der Waals surface area contributed by atoms with E-state index in [4.69, 9.17) is 23.1 Å². The molecule has 0 amide bonds. The van der Waals surface area contributed by atoms with Gasteiger partial charge in [0, 0.05) is 69.3 Å². The Hall–Kier alpha value is -4.75. The number of halogens is 1. The Balaban J connectivity index is 0.000000126. The quantitative estimate of drug-likeness (QED) is 0.133. The molecule has 0 bridgehead atoms. The van der Waals surface area contributed by atoms with Gasteiger partial charge in [-0.05, 0) is 68.3 Å². The number of rotatable bonds is 5. The summed E-state index contributed by atoms with van der Waals surface area (Å²) >= 11 is 5.75. The summed E-state index contributed by atoms with van der Waals surface area (Å²) in [6.45, 7) is 8.93. The Bertz CT molecular complexity index is 2110. The van der Waals surface area contributed by atoms with Crippen molar-refractivity contribution in [2.45, 2.75) is 62.7 Å². The van der Waals surface area contributed by atoms with Gasteiger partial charge < -0.3 is 31.7 Å². The van der Waals surface area contributed by atoms with Crippen LogP contribution in [0.4, 0.5) is 17.7 Å². The molecule has 13 heteroatoms. The van der Waals surface area contributed by atoms with Gasteiger partial charge in [0.2, 0.25) is 11.9 Å². The minimum Gasteiger partial charge on any atom is -0.368 e. The van der Waals surface area contributed by atoms with Crippen LogP contribution in [0.5, 0.6) is 0 Å². The number of anilines is 3. The van der Waals surface area contributed by atoms with Crippen LogP contribution in [-0.2, 0) is 13.1 Å². The molecule has 53 heavy (non-hydrogen) atoms. The molecule has 2 aliphatic carbocycles. The van der Waals surface area contributed by atoms with E-state index in [1.165, 1.54) is 62.9 Å². The van der Waals surface area contributed by atoms with Crippen LogP contribution < -0.4 is 21.7 Å². The minimum absolute atomic E-state index is 0.185. The number of H-pyrrole nitrogens is 2. The zero-order chi connectivity index (χ0) is 36.3. The molecule has 2 spiro atoms. The van der Waals surface area contributed by atoms with Crippen molar-refractivity contribution in [1.29, 1.82) is 0 Å². The highest BCUT2D eigenvalue weighted by Crippen LogP contribution is 2.46. The molecule has 7 N–H and O–H groups in total. The first kappa shape index (κ1) is 35.3. The molecule has 12 nitrogen and oxygen atoms in total. The summed E-state index contributed by atoms with van der Waals surface area (Å²) in [4.78, 5) is 30.5. The molecule has 4 fully saturated rings. The normalized spacial score (nSPS) is 19.2. The van der Waals surface area contributed by atoms with Crippen molar-refractivity contribution in [2.75, 3.05) is 55.6 Å². The number of hydrogen-bond acceptors (Lipinski definition) is 10. The van der Waals surface area contributed by atoms with E-state index in [1.54, 1.807) is 12.3 Å². The molecular formula is C40H49ClN12. The molecule has 6 heterocycles. The second kappa shape index (κ2) is 15.3. The van der Waals surface area contributed by atoms with Gasteiger partial charge >= 0.3 is 0 Å². The van der Waals surface area contributed by atoms with Crippen molar-refractivity contribution in [3.05, 3.63) is 101 Å². The first-order valence-corrected chi connectivity index (χ1v) is 19.2. The fourth-order valence-corrected chi connectivity index (χ4v) is 8.17. The Morgan fingerprint density at radius 3 is 1.85 bits per heavy atom. The van der Waals surface area contributed by atoms with E-state index < -0.39 is 0 Å². The standard InChI is InChI=1S/C20H24N6.C14H20N2.C6H5ClN4/c21-19-23-17-16(7-10-22-17)18(24-19)25-11-4-12-26(20(14-25)8-9-20)13-15-5-2-1-3-6-15;1-2-5-13(6-3-1)11-16-10-4-9-15-12-14(16)7-8-14;7-4-3-1-2-9-5(3)11-6(8)10-4/h1-3,5-7,10H,4,8-9,11-14H2,(H3,21,22,23,24);1-3,5-6,15H,4,7-12H2;1-2H,(H3,8,9,10,11). The molecule has 0 radical (unpaired) electrons. The smallest absolute Gasteiger partial charge is 0.223 e. The maximum Gasteiger partial charge on any atom is 0.223 e. The Kier molecular flexibility index (Phi) is 10.2. The van der Waals surface area contributed by atoms with Crippen LogP contribution in [0.2, 0.25) is 5.15 Å². The Morgan fingerprint density at radius 2 is 1.21 bits per heavy atom. The van der Waals surface area contributed by atoms with Crippen LogP contribution >= 0.6 is 11.6 Å². The lowest BCUT2D eigenvalue weighted by molar-refractivity contribution is 0.181. The molecule has 2 saturated heterocycles. The number of aromatic nitrogens is 6. The van der Waals surface area contributed by atoms with Crippen molar-refractivity contribution >= 4 is 51.4 Å². The number of nitrogens with two attached hydrogens (primary N) is 2. The zero-order valence-electron chi connectivity index (χ0n) is 30.1. The number of hydrogen-bond donors (Lipinski definition) is 5. The average Bonchev–Trinajstić information content (AvgIpc) is 4.06. The van der Waals surface area contributed by atoms with Crippen molar-refractivity contribution in [2.24, 2.45) is 0 Å². The van der Waals surface area contributed by atoms with E-state index in [2.05, 4.69) is 117 Å². The number of fused-ring (bicyclic) bond motifs is 2. The third-order valence-corrected chi connectivity index (χ3v) is 11.4. The fraction of sp³-hybridized carbons (Fsp3) is 0.400. The second-order valence-electron chi connectivity index (χ2n) is 14.8. The van der Waals surface area contributed by atoms with Gasteiger partial charge in [0.1, 0.15) is 22.3 Å². The van der Waals surface area contributed by atoms with Crippen molar-refractivity contribution < 1.29 is 0 Å². The summed E-state index contributed by atoms with van der Waals surface area (Å²) < 4.78 is 0. The highest BCUT2D eigenvalue weighted by molar-refractivity contribution is 6.34. The first-order valence-electron chi connectivity index (χ1n) is 18.8. The van der Waals surface area contributed by atoms with Crippen LogP contribution in [-0.4, -0.2) is 90.1 Å². The van der Waals surface area contributed by atoms with Crippen molar-refractivity contribution in [3.8, 4) is 0 Å². The zero-order valence-corrected chi connectivity index (χ0v) is 30.9. The van der Waals surface area contributed by atoms with Crippen LogP contribution in [0.15, 0.2) is 85.2 Å². The maximum atomic E-state index is 5.96. The summed E-state index contributed by atoms with van der Waals surface area (Å²) in [5, 5.41) is 5.81. The van der Waals surface area contributed by atoms with E-state index in [0.717, 1.165) is 61.4 Å². The molecule has 4 aromatic heterocycles. The van der Waals surface area contributed by atoms with Crippen molar-refractivity contribution in [3.63, 3.8) is 0 Å². The van der Waals surface area contributed by atoms with Crippen LogP contribution in [0.1, 0.15) is 49.7 Å². The Morgan fingerprint density at radius 1 is 0.642 bits per heavy atom. The van der Waals surface area contributed by atoms with Gasteiger partial charge in [-0.25, -0.2) is 4.98 Å². The monoisotopic (exact) mass is 732 g/mol. The fourth-order valence-electron chi connectivity index (χ4n) is 7.93. The van der Waals surface area contributed by atoms with Gasteiger partial charge in [-0.2, -0.15) is 15.0 Å². The minimum atomic E-state index is 0.185. The molecule has 0 unspecified atom stereocenters. The van der Waals surface area contributed by atoms with Gasteiger partial charge in [-0.15, -0.1) is 0 Å². The van der Waals surface area contributed by atoms with Crippen LogP contribution in [0, 0.1) is 0 Å². The second-order valence-corrected chi connectivity index (χ2v) is 15.2. The summed E-state index contributed by atoms with van der Waals surface area (Å²) in [6.07, 6.45) is 11.3. The number of nitrogens with zero attached hydrogens (tertiary/aromatic N) is 7. The maximum absolute atomic E-state index is 5.96. The molecule has 2 aromatic carbocycles. The summed E-state index contributed by atoms with van der Waals surface area (Å²) in [5.74, 6) is 1.50. The topological polar surface area (TPSA) is 157 Å². The third-order valence-electron chi connectivity index (χ3n) is 11.1. The number of nitrogen functional groups attached to an aromatic ring is 2. The van der Waals surface area contributed by atoms with Gasteiger partial charge in [-0.1, -0.05) is 72.3 Å². The molecule has 0 atom stereocenters. The number of nitrogens with one attached hydrogen (secondary N) is 3. The lowest BCUT2D eigenvalue weighted by Crippen LogP contribution is -2.43. The molecule has 6 aromatic rings. The third kappa shape index (κ3) is 8.11. The van der Waals surface area contributed by atoms with Gasteiger partial charge in [0.05, 0.1) is 10.8 Å². The van der Waals surface area contributed by atoms with Gasteiger partial charge in [0.15, 0.2) is 0 Å². The summed E-state index contributed by atoms with van der Waals surface area (Å²) in [5.41, 5.74) is 16.4. The molecular weight excluding hydrogens is 684 g/mol. The highest BCUT2D eigenvalue weighted by atomic mass is 35.5. The molecule has 276 valence electrons. The largest absolute Gasteiger partial charge is 0.368 e. The SMILES string of the molecule is Nc1nc(Cl)c2cc[nH]c2n1.Nc1nc(N2CCCN(Cc3ccccc3)C3(CC3)C2)c2cc[nH]c2n1.c1ccc(CN2CCCNCC23CC3)cc1. The van der Waals surface area contributed by atoms with Crippen LogP contribution in [0.25, 0.3) is 22.1 Å². The molecule has 10 rings (SSSR count). The molecule has 4 aliphatic rings. The molecule has 2 aliphatic heterocycles. The van der Waals surface area contributed by atoms with E-state index in [-0.39, 0.29) is 11.5 Å². The molecule has 2 saturated carbocycles. The van der Waals surface area contributed by atoms with E-state index in [9.17, 15) is 0 Å². The average molecular weight is 733 g/mol. The van der Waals surface area contributed by atoms with E-state index in [1.807, 2.05) is 6.20 Å². The highest BCUT2D eigenvalue weighted by Gasteiger charge is 2.50. The lowest BCUT2D eigenvalue weighted by atomic mass is 10.1. The summed E-state index contributed by atoms with van der Waals surface area (Å²) in [7, 11) is 0. The van der Waals surface area contributed by atoms with Crippen molar-refractivity contribution in [1.82, 2.24) is 45.0 Å². The van der Waals surface area contributed by atoms with E-state index in [0.29, 0.717) is 22.3 Å².